The summed E-state index contributed by atoms with van der Waals surface area (Å²) in [5.41, 5.74) is 0.602. The second-order valence-corrected chi connectivity index (χ2v) is 2.30. The molecule has 0 spiro atoms. The molecule has 1 aromatic rings. The molecule has 1 amide bonds. The van der Waals surface area contributed by atoms with Crippen LogP contribution in [0, 0.1) is 0 Å². The number of aliphatic imine (C=N–C) groups is 1. The molecule has 0 fully saturated rings. The average molecular weight is 139 g/mol. The van der Waals surface area contributed by atoms with E-state index in [2.05, 4.69) is 14.6 Å². The summed E-state index contributed by atoms with van der Waals surface area (Å²) in [6, 6.07) is 0. The van der Waals surface area contributed by atoms with Gasteiger partial charge in [0.25, 0.3) is 5.91 Å². The largest absolute Gasteiger partial charge is 0.291 e. The number of hydrogen-bond acceptors (Lipinski definition) is 4. The first-order valence-electron chi connectivity index (χ1n) is 2.28. The number of rotatable bonds is 0. The molecule has 0 aliphatic carbocycles. The summed E-state index contributed by atoms with van der Waals surface area (Å²) >= 11 is 1.08. The third kappa shape index (κ3) is 0.517. The molecular formula is C4HN3OS. The Balaban J connectivity index is 2.73. The van der Waals surface area contributed by atoms with Gasteiger partial charge in [0.2, 0.25) is 0 Å². The molecule has 44 valence electrons. The molecule has 9 heavy (non-hydrogen) atoms. The van der Waals surface area contributed by atoms with Crippen molar-refractivity contribution in [3.63, 3.8) is 0 Å². The third-order valence-corrected chi connectivity index (χ3v) is 1.74. The van der Waals surface area contributed by atoms with Crippen LogP contribution < -0.4 is 0 Å². The molecule has 2 rings (SSSR count). The quantitative estimate of drug-likeness (QED) is 0.512. The Labute approximate surface area is 54.4 Å². The molecule has 4 nitrogen and oxygen atoms in total. The van der Waals surface area contributed by atoms with Crippen LogP contribution in [0.1, 0.15) is 15.4 Å². The van der Waals surface area contributed by atoms with Crippen LogP contribution in [0.5, 0.6) is 0 Å². The maximum absolute atomic E-state index is 10.7. The third-order valence-electron chi connectivity index (χ3n) is 1.01. The fourth-order valence-electron chi connectivity index (χ4n) is 0.609. The molecule has 1 aliphatic heterocycles. The molecule has 0 radical (unpaired) electrons. The number of carbonyl (C=O) groups excluding carboxylic acids is 1. The van der Waals surface area contributed by atoms with Crippen molar-refractivity contribution in [1.29, 1.82) is 0 Å². The molecule has 0 N–H and O–H groups in total. The van der Waals surface area contributed by atoms with Crippen LogP contribution in [0.4, 0.5) is 0 Å². The SMILES string of the molecule is O=C1N=Cc2nnsc21. The Bertz CT molecular complexity index is 290. The fourth-order valence-corrected chi connectivity index (χ4v) is 1.14. The lowest BCUT2D eigenvalue weighted by molar-refractivity contribution is 0.101. The predicted octanol–water partition coefficient (Wildman–Crippen LogP) is 0.111. The van der Waals surface area contributed by atoms with E-state index in [-0.39, 0.29) is 5.91 Å². The van der Waals surface area contributed by atoms with Crippen LogP contribution in [0.3, 0.4) is 0 Å². The van der Waals surface area contributed by atoms with Crippen LogP contribution in [-0.4, -0.2) is 21.7 Å². The fraction of sp³-hybridized carbons (Fsp3) is 0. The van der Waals surface area contributed by atoms with Gasteiger partial charge in [-0.2, -0.15) is 0 Å². The highest BCUT2D eigenvalue weighted by Crippen LogP contribution is 2.14. The predicted molar refractivity (Wildman–Crippen MR) is 31.8 cm³/mol. The van der Waals surface area contributed by atoms with Gasteiger partial charge in [0.15, 0.2) is 0 Å². The summed E-state index contributed by atoms with van der Waals surface area (Å²) in [6.07, 6.45) is 1.43. The topological polar surface area (TPSA) is 55.2 Å². The van der Waals surface area contributed by atoms with Gasteiger partial charge in [0, 0.05) is 0 Å². The summed E-state index contributed by atoms with van der Waals surface area (Å²) in [5.74, 6) is -0.222. The van der Waals surface area contributed by atoms with E-state index in [0.29, 0.717) is 10.6 Å². The molecular weight excluding hydrogens is 138 g/mol. The van der Waals surface area contributed by atoms with Crippen molar-refractivity contribution >= 4 is 23.7 Å². The highest BCUT2D eigenvalue weighted by Gasteiger charge is 2.18. The molecule has 1 aliphatic rings. The summed E-state index contributed by atoms with van der Waals surface area (Å²) in [4.78, 5) is 14.7. The van der Waals surface area contributed by atoms with E-state index in [1.54, 1.807) is 0 Å². The van der Waals surface area contributed by atoms with Gasteiger partial charge < -0.3 is 0 Å². The van der Waals surface area contributed by atoms with Gasteiger partial charge in [-0.25, -0.2) is 4.99 Å². The van der Waals surface area contributed by atoms with E-state index in [1.165, 1.54) is 6.21 Å². The van der Waals surface area contributed by atoms with E-state index < -0.39 is 0 Å². The first kappa shape index (κ1) is 4.75. The number of nitrogens with zero attached hydrogens (tertiary/aromatic N) is 3. The molecule has 0 atom stereocenters. The van der Waals surface area contributed by atoms with E-state index in [1.807, 2.05) is 0 Å². The Morgan fingerprint density at radius 2 is 2.44 bits per heavy atom. The second kappa shape index (κ2) is 1.44. The van der Waals surface area contributed by atoms with Crippen molar-refractivity contribution < 1.29 is 4.79 Å². The lowest BCUT2D eigenvalue weighted by Crippen LogP contribution is -1.83. The van der Waals surface area contributed by atoms with Gasteiger partial charge in [0.1, 0.15) is 10.6 Å². The molecule has 1 aromatic heterocycles. The van der Waals surface area contributed by atoms with Crippen LogP contribution in [0.15, 0.2) is 4.99 Å². The van der Waals surface area contributed by atoms with Crippen molar-refractivity contribution in [2.75, 3.05) is 0 Å². The standard InChI is InChI=1S/C4HN3OS/c8-4-3-2(1-5-4)6-7-9-3/h1H. The van der Waals surface area contributed by atoms with E-state index in [0.717, 1.165) is 11.5 Å². The van der Waals surface area contributed by atoms with Gasteiger partial charge in [-0.15, -0.1) is 5.10 Å². The van der Waals surface area contributed by atoms with Gasteiger partial charge in [-0.1, -0.05) is 4.49 Å². The molecule has 0 saturated heterocycles. The monoisotopic (exact) mass is 139 g/mol. The zero-order valence-corrected chi connectivity index (χ0v) is 5.05. The zero-order chi connectivity index (χ0) is 6.27. The first-order chi connectivity index (χ1) is 4.38. The van der Waals surface area contributed by atoms with Gasteiger partial charge in [-0.3, -0.25) is 4.79 Å². The van der Waals surface area contributed by atoms with E-state index in [9.17, 15) is 4.79 Å². The number of carbonyl (C=O) groups is 1. The minimum absolute atomic E-state index is 0.222. The molecule has 2 heterocycles. The summed E-state index contributed by atoms with van der Waals surface area (Å²) in [7, 11) is 0. The normalized spacial score (nSPS) is 14.4. The van der Waals surface area contributed by atoms with Crippen molar-refractivity contribution in [1.82, 2.24) is 9.59 Å². The van der Waals surface area contributed by atoms with Crippen LogP contribution >= 0.6 is 11.5 Å². The molecule has 0 aromatic carbocycles. The molecule has 0 bridgehead atoms. The zero-order valence-electron chi connectivity index (χ0n) is 4.24. The smallest absolute Gasteiger partial charge is 0.266 e. The van der Waals surface area contributed by atoms with Crippen molar-refractivity contribution in [2.24, 2.45) is 4.99 Å². The van der Waals surface area contributed by atoms with Gasteiger partial charge in [-0.05, 0) is 11.5 Å². The van der Waals surface area contributed by atoms with Gasteiger partial charge in [0.05, 0.1) is 6.21 Å². The van der Waals surface area contributed by atoms with Crippen LogP contribution in [0.2, 0.25) is 0 Å². The van der Waals surface area contributed by atoms with E-state index in [4.69, 9.17) is 0 Å². The summed E-state index contributed by atoms with van der Waals surface area (Å²) in [5, 5.41) is 3.65. The number of amides is 1. The minimum Gasteiger partial charge on any atom is -0.266 e. The van der Waals surface area contributed by atoms with Crippen molar-refractivity contribution in [3.8, 4) is 0 Å². The summed E-state index contributed by atoms with van der Waals surface area (Å²) < 4.78 is 3.57. The Hall–Kier alpha value is -1.10. The lowest BCUT2D eigenvalue weighted by Gasteiger charge is -1.73. The maximum Gasteiger partial charge on any atom is 0.291 e. The number of aromatic nitrogens is 2. The Morgan fingerprint density at radius 3 is 3.22 bits per heavy atom. The number of hydrogen-bond donors (Lipinski definition) is 0. The number of fused-ring (bicyclic) bond motifs is 1. The Morgan fingerprint density at radius 1 is 1.56 bits per heavy atom. The maximum atomic E-state index is 10.7. The van der Waals surface area contributed by atoms with Crippen molar-refractivity contribution in [3.05, 3.63) is 10.6 Å². The second-order valence-electron chi connectivity index (χ2n) is 1.55. The molecule has 0 unspecified atom stereocenters. The van der Waals surface area contributed by atoms with E-state index >= 15 is 0 Å². The first-order valence-corrected chi connectivity index (χ1v) is 3.06. The highest BCUT2D eigenvalue weighted by atomic mass is 32.1. The average Bonchev–Trinajstić information content (AvgIpc) is 2.35. The minimum atomic E-state index is -0.222. The summed E-state index contributed by atoms with van der Waals surface area (Å²) in [6.45, 7) is 0. The molecule has 5 heteroatoms. The molecule has 0 saturated carbocycles. The highest BCUT2D eigenvalue weighted by molar-refractivity contribution is 7.08. The lowest BCUT2D eigenvalue weighted by atomic mass is 10.4. The van der Waals surface area contributed by atoms with Crippen LogP contribution in [0.25, 0.3) is 0 Å². The van der Waals surface area contributed by atoms with Gasteiger partial charge >= 0.3 is 0 Å². The Kier molecular flexibility index (Phi) is 0.762. The van der Waals surface area contributed by atoms with Crippen molar-refractivity contribution in [2.45, 2.75) is 0 Å². The van der Waals surface area contributed by atoms with Crippen LogP contribution in [-0.2, 0) is 0 Å².